The van der Waals surface area contributed by atoms with Crippen molar-refractivity contribution in [1.29, 1.82) is 0 Å². The molecule has 0 aromatic rings. The van der Waals surface area contributed by atoms with E-state index in [1.807, 2.05) is 6.92 Å². The molecule has 3 heteroatoms. The van der Waals surface area contributed by atoms with Gasteiger partial charge in [-0.15, -0.1) is 0 Å². The molecular weight excluding hydrogens is 172 g/mol. The van der Waals surface area contributed by atoms with Crippen LogP contribution in [0.3, 0.4) is 0 Å². The van der Waals surface area contributed by atoms with Crippen LogP contribution in [0.25, 0.3) is 0 Å². The molecule has 8 heavy (non-hydrogen) atoms. The van der Waals surface area contributed by atoms with Gasteiger partial charge in [0.1, 0.15) is 6.26 Å². The van der Waals surface area contributed by atoms with Crippen LogP contribution in [0.1, 0.15) is 6.92 Å². The predicted octanol–water partition coefficient (Wildman–Crippen LogP) is 1.46. The van der Waals surface area contributed by atoms with E-state index in [2.05, 4.69) is 15.9 Å². The lowest BCUT2D eigenvalue weighted by Gasteiger charge is -1.89. The fraction of sp³-hybridized carbons (Fsp3) is 0.400. The fourth-order valence-corrected chi connectivity index (χ4v) is 0.323. The van der Waals surface area contributed by atoms with E-state index >= 15 is 0 Å². The monoisotopic (exact) mass is 178 g/mol. The van der Waals surface area contributed by atoms with Crippen molar-refractivity contribution in [2.45, 2.75) is 6.92 Å². The topological polar surface area (TPSA) is 26.3 Å². The second-order valence-corrected chi connectivity index (χ2v) is 1.99. The first-order valence-corrected chi connectivity index (χ1v) is 3.03. The zero-order valence-corrected chi connectivity index (χ0v) is 6.14. The number of aldehydes is 1. The molecule has 0 unspecified atom stereocenters. The predicted molar refractivity (Wildman–Crippen MR) is 34.7 cm³/mol. The van der Waals surface area contributed by atoms with Crippen molar-refractivity contribution >= 4 is 22.2 Å². The highest BCUT2D eigenvalue weighted by Crippen LogP contribution is 1.98. The zero-order valence-electron chi connectivity index (χ0n) is 4.56. The summed E-state index contributed by atoms with van der Waals surface area (Å²) in [5, 5.41) is 0. The van der Waals surface area contributed by atoms with E-state index in [0.29, 0.717) is 17.4 Å². The molecule has 0 aromatic heterocycles. The molecule has 0 spiro atoms. The highest BCUT2D eigenvalue weighted by Gasteiger charge is 1.82. The second kappa shape index (κ2) is 4.84. The van der Waals surface area contributed by atoms with Crippen LogP contribution < -0.4 is 0 Å². The Hall–Kier alpha value is -0.310. The molecule has 0 N–H and O–H groups in total. The molecule has 0 rings (SSSR count). The molecule has 0 aliphatic carbocycles. The minimum Gasteiger partial charge on any atom is -0.500 e. The maximum atomic E-state index is 9.82. The van der Waals surface area contributed by atoms with Crippen molar-refractivity contribution in [3.63, 3.8) is 0 Å². The number of halogens is 1. The van der Waals surface area contributed by atoms with Gasteiger partial charge in [0.05, 0.1) is 11.1 Å². The van der Waals surface area contributed by atoms with Gasteiger partial charge in [-0.05, 0) is 22.9 Å². The fourth-order valence-electron chi connectivity index (χ4n) is 0.191. The van der Waals surface area contributed by atoms with Gasteiger partial charge in [-0.3, -0.25) is 4.79 Å². The number of ether oxygens (including phenoxy) is 1. The summed E-state index contributed by atoms with van der Waals surface area (Å²) in [6.45, 7) is 2.44. The Bertz CT molecular complexity index is 98.6. The first kappa shape index (κ1) is 7.69. The SMILES string of the molecule is CCO/C=C(/Br)C=O. The van der Waals surface area contributed by atoms with Crippen LogP contribution in [0.4, 0.5) is 0 Å². The van der Waals surface area contributed by atoms with E-state index in [9.17, 15) is 4.79 Å². The third-order valence-corrected chi connectivity index (χ3v) is 0.849. The molecule has 0 radical (unpaired) electrons. The van der Waals surface area contributed by atoms with Crippen LogP contribution in [0.5, 0.6) is 0 Å². The van der Waals surface area contributed by atoms with Crippen LogP contribution in [-0.4, -0.2) is 12.9 Å². The lowest BCUT2D eigenvalue weighted by atomic mass is 10.7. The summed E-state index contributed by atoms with van der Waals surface area (Å²) < 4.78 is 5.18. The van der Waals surface area contributed by atoms with Crippen molar-refractivity contribution < 1.29 is 9.53 Å². The van der Waals surface area contributed by atoms with E-state index in [4.69, 9.17) is 4.74 Å². The van der Waals surface area contributed by atoms with Gasteiger partial charge < -0.3 is 4.74 Å². The average Bonchev–Trinajstić information content (AvgIpc) is 1.83. The first-order chi connectivity index (χ1) is 3.81. The van der Waals surface area contributed by atoms with Crippen LogP contribution in [-0.2, 0) is 9.53 Å². The van der Waals surface area contributed by atoms with Gasteiger partial charge in [0.2, 0.25) is 0 Å². The van der Waals surface area contributed by atoms with Crippen molar-refractivity contribution in [1.82, 2.24) is 0 Å². The largest absolute Gasteiger partial charge is 0.500 e. The normalized spacial score (nSPS) is 11.0. The lowest BCUT2D eigenvalue weighted by Crippen LogP contribution is -1.79. The number of allylic oxidation sites excluding steroid dienone is 1. The third-order valence-electron chi connectivity index (χ3n) is 0.475. The summed E-state index contributed by atoms with van der Waals surface area (Å²) in [6, 6.07) is 0. The maximum absolute atomic E-state index is 9.82. The van der Waals surface area contributed by atoms with Crippen LogP contribution in [0.2, 0.25) is 0 Å². The quantitative estimate of drug-likeness (QED) is 0.372. The summed E-state index contributed by atoms with van der Waals surface area (Å²) in [7, 11) is 0. The van der Waals surface area contributed by atoms with E-state index in [1.165, 1.54) is 6.26 Å². The van der Waals surface area contributed by atoms with Gasteiger partial charge in [0, 0.05) is 0 Å². The van der Waals surface area contributed by atoms with Crippen LogP contribution >= 0.6 is 15.9 Å². The minimum atomic E-state index is 0.430. The van der Waals surface area contributed by atoms with Gasteiger partial charge in [-0.25, -0.2) is 0 Å². The van der Waals surface area contributed by atoms with Crippen LogP contribution in [0, 0.1) is 0 Å². The van der Waals surface area contributed by atoms with E-state index < -0.39 is 0 Å². The van der Waals surface area contributed by atoms with Gasteiger partial charge in [-0.1, -0.05) is 0 Å². The van der Waals surface area contributed by atoms with E-state index in [-0.39, 0.29) is 0 Å². The Kier molecular flexibility index (Phi) is 4.65. The van der Waals surface area contributed by atoms with Gasteiger partial charge >= 0.3 is 0 Å². The first-order valence-electron chi connectivity index (χ1n) is 2.23. The third kappa shape index (κ3) is 3.87. The summed E-state index contributed by atoms with van der Waals surface area (Å²) >= 11 is 2.95. The Labute approximate surface area is 56.7 Å². The molecule has 0 heterocycles. The van der Waals surface area contributed by atoms with Gasteiger partial charge in [-0.2, -0.15) is 0 Å². The average molecular weight is 179 g/mol. The molecule has 0 aromatic carbocycles. The van der Waals surface area contributed by atoms with E-state index in [0.717, 1.165) is 0 Å². The molecule has 0 amide bonds. The summed E-state index contributed by atoms with van der Waals surface area (Å²) in [6.07, 6.45) is 2.04. The Morgan fingerprint density at radius 3 is 2.88 bits per heavy atom. The Morgan fingerprint density at radius 2 is 2.50 bits per heavy atom. The minimum absolute atomic E-state index is 0.430. The Balaban J connectivity index is 3.40. The van der Waals surface area contributed by atoms with Gasteiger partial charge in [0.15, 0.2) is 6.29 Å². The van der Waals surface area contributed by atoms with Crippen LogP contribution in [0.15, 0.2) is 10.7 Å². The number of hydrogen-bond acceptors (Lipinski definition) is 2. The number of hydrogen-bond donors (Lipinski definition) is 0. The smallest absolute Gasteiger partial charge is 0.160 e. The number of carbonyl (C=O) groups excluding carboxylic acids is 1. The number of carbonyl (C=O) groups is 1. The highest BCUT2D eigenvalue weighted by atomic mass is 79.9. The molecule has 0 fully saturated rings. The summed E-state index contributed by atoms with van der Waals surface area (Å²) in [5.74, 6) is 0. The molecule has 0 aliphatic heterocycles. The molecule has 0 saturated heterocycles. The lowest BCUT2D eigenvalue weighted by molar-refractivity contribution is -0.104. The molecular formula is C5H7BrO2. The zero-order chi connectivity index (χ0) is 6.41. The summed E-state index contributed by atoms with van der Waals surface area (Å²) in [5.41, 5.74) is 0. The Morgan fingerprint density at radius 1 is 1.88 bits per heavy atom. The summed E-state index contributed by atoms with van der Waals surface area (Å²) in [4.78, 5) is 9.82. The number of rotatable bonds is 3. The molecule has 46 valence electrons. The van der Waals surface area contributed by atoms with Crippen molar-refractivity contribution in [2.75, 3.05) is 6.61 Å². The molecule has 2 nitrogen and oxygen atoms in total. The highest BCUT2D eigenvalue weighted by molar-refractivity contribution is 9.12. The standard InChI is InChI=1S/C5H7BrO2/c1-2-8-4-5(6)3-7/h3-4H,2H2,1H3/b5-4+. The van der Waals surface area contributed by atoms with Crippen molar-refractivity contribution in [3.8, 4) is 0 Å². The molecule has 0 aliphatic rings. The van der Waals surface area contributed by atoms with Crippen molar-refractivity contribution in [2.24, 2.45) is 0 Å². The molecule has 0 bridgehead atoms. The molecule has 0 saturated carbocycles. The van der Waals surface area contributed by atoms with Gasteiger partial charge in [0.25, 0.3) is 0 Å². The maximum Gasteiger partial charge on any atom is 0.160 e. The molecule has 0 atom stereocenters. The van der Waals surface area contributed by atoms with E-state index in [1.54, 1.807) is 0 Å². The second-order valence-electron chi connectivity index (χ2n) is 1.08. The van der Waals surface area contributed by atoms with Crippen molar-refractivity contribution in [3.05, 3.63) is 10.7 Å².